The average molecular weight is 395 g/mol. The van der Waals surface area contributed by atoms with E-state index in [-0.39, 0.29) is 23.4 Å². The van der Waals surface area contributed by atoms with E-state index in [0.29, 0.717) is 22.4 Å². The van der Waals surface area contributed by atoms with E-state index in [1.54, 1.807) is 25.1 Å². The van der Waals surface area contributed by atoms with Crippen molar-refractivity contribution in [3.63, 3.8) is 0 Å². The van der Waals surface area contributed by atoms with Gasteiger partial charge in [0.15, 0.2) is 0 Å². The van der Waals surface area contributed by atoms with Crippen molar-refractivity contribution >= 4 is 11.8 Å². The lowest BCUT2D eigenvalue weighted by molar-refractivity contribution is 0.0924. The van der Waals surface area contributed by atoms with E-state index in [1.807, 2.05) is 32.9 Å². The van der Waals surface area contributed by atoms with Crippen molar-refractivity contribution in [3.8, 4) is 11.3 Å². The molecular formula is C23H26FN3O2. The van der Waals surface area contributed by atoms with Gasteiger partial charge in [0.25, 0.3) is 11.8 Å². The fourth-order valence-corrected chi connectivity index (χ4v) is 3.08. The van der Waals surface area contributed by atoms with Crippen LogP contribution in [0.2, 0.25) is 0 Å². The zero-order valence-electron chi connectivity index (χ0n) is 17.2. The second kappa shape index (κ2) is 8.15. The summed E-state index contributed by atoms with van der Waals surface area (Å²) in [7, 11) is 0. The van der Waals surface area contributed by atoms with Crippen LogP contribution in [-0.2, 0) is 0 Å². The van der Waals surface area contributed by atoms with Gasteiger partial charge in [-0.25, -0.2) is 4.39 Å². The number of hydrogen-bond donors (Lipinski definition) is 2. The second-order valence-corrected chi connectivity index (χ2v) is 7.99. The third-order valence-corrected chi connectivity index (χ3v) is 4.84. The number of amides is 2. The van der Waals surface area contributed by atoms with Crippen LogP contribution in [0.4, 0.5) is 4.39 Å². The molecule has 0 bridgehead atoms. The Morgan fingerprint density at radius 3 is 2.48 bits per heavy atom. The third-order valence-electron chi connectivity index (χ3n) is 4.84. The van der Waals surface area contributed by atoms with Gasteiger partial charge >= 0.3 is 0 Å². The van der Waals surface area contributed by atoms with Crippen LogP contribution in [0.15, 0.2) is 42.6 Å². The number of allylic oxidation sites excluding steroid dienone is 1. The highest BCUT2D eigenvalue weighted by atomic mass is 19.1. The summed E-state index contributed by atoms with van der Waals surface area (Å²) in [5.74, 6) is -0.984. The van der Waals surface area contributed by atoms with Crippen LogP contribution in [0, 0.1) is 12.7 Å². The van der Waals surface area contributed by atoms with Gasteiger partial charge in [-0.1, -0.05) is 12.2 Å². The number of rotatable bonds is 6. The molecule has 1 fully saturated rings. The Hall–Kier alpha value is -3.02. The van der Waals surface area contributed by atoms with E-state index in [1.165, 1.54) is 12.3 Å². The van der Waals surface area contributed by atoms with Crippen molar-refractivity contribution in [1.82, 2.24) is 15.6 Å². The molecule has 1 heterocycles. The minimum Gasteiger partial charge on any atom is -0.349 e. The van der Waals surface area contributed by atoms with Crippen molar-refractivity contribution in [2.24, 2.45) is 0 Å². The summed E-state index contributed by atoms with van der Waals surface area (Å²) in [6.45, 7) is 7.34. The number of nitrogens with zero attached hydrogens (tertiary/aromatic N) is 1. The predicted octanol–water partition coefficient (Wildman–Crippen LogP) is 4.17. The van der Waals surface area contributed by atoms with Crippen LogP contribution in [-0.4, -0.2) is 28.4 Å². The number of carbonyl (C=O) groups is 2. The van der Waals surface area contributed by atoms with Crippen LogP contribution < -0.4 is 10.6 Å². The summed E-state index contributed by atoms with van der Waals surface area (Å²) >= 11 is 0. The zero-order valence-corrected chi connectivity index (χ0v) is 17.2. The largest absolute Gasteiger partial charge is 0.349 e. The van der Waals surface area contributed by atoms with Gasteiger partial charge in [0.2, 0.25) is 0 Å². The van der Waals surface area contributed by atoms with Crippen molar-refractivity contribution in [1.29, 1.82) is 0 Å². The SMILES string of the molecule is C/C=C/C(C)(C)NC(=O)c1ccc(-c2cc(C(=O)NC3CC3)cc(F)c2C)nc1. The first kappa shape index (κ1) is 20.7. The topological polar surface area (TPSA) is 71.1 Å². The molecule has 0 radical (unpaired) electrons. The molecule has 152 valence electrons. The van der Waals surface area contributed by atoms with Crippen molar-refractivity contribution < 1.29 is 14.0 Å². The van der Waals surface area contributed by atoms with Crippen molar-refractivity contribution in [2.75, 3.05) is 0 Å². The molecule has 0 saturated heterocycles. The highest BCUT2D eigenvalue weighted by molar-refractivity contribution is 5.96. The second-order valence-electron chi connectivity index (χ2n) is 7.99. The number of halogens is 1. The Kier molecular flexibility index (Phi) is 5.82. The lowest BCUT2D eigenvalue weighted by atomic mass is 10.00. The normalized spacial score (nSPS) is 14.1. The van der Waals surface area contributed by atoms with Gasteiger partial charge in [0, 0.05) is 23.4 Å². The van der Waals surface area contributed by atoms with E-state index < -0.39 is 11.4 Å². The number of pyridine rings is 1. The quantitative estimate of drug-likeness (QED) is 0.721. The molecule has 3 rings (SSSR count). The van der Waals surface area contributed by atoms with Gasteiger partial charge < -0.3 is 10.6 Å². The molecule has 29 heavy (non-hydrogen) atoms. The molecule has 0 spiro atoms. The number of carbonyl (C=O) groups excluding carboxylic acids is 2. The molecule has 5 nitrogen and oxygen atoms in total. The fourth-order valence-electron chi connectivity index (χ4n) is 3.08. The van der Waals surface area contributed by atoms with E-state index in [0.717, 1.165) is 12.8 Å². The molecule has 1 aromatic carbocycles. The summed E-state index contributed by atoms with van der Waals surface area (Å²) in [5, 5.41) is 5.79. The Labute approximate surface area is 170 Å². The van der Waals surface area contributed by atoms with Gasteiger partial charge in [-0.05, 0) is 70.4 Å². The molecule has 2 amide bonds. The first-order valence-electron chi connectivity index (χ1n) is 9.74. The standard InChI is InChI=1S/C23H26FN3O2/c1-5-10-23(3,4)27-22(29)15-6-9-20(25-13-15)18-11-16(12-19(24)14(18)2)21(28)26-17-7-8-17/h5-6,9-13,17H,7-8H2,1-4H3,(H,26,28)(H,27,29)/b10-5+. The highest BCUT2D eigenvalue weighted by Crippen LogP contribution is 2.27. The molecule has 0 aliphatic heterocycles. The number of nitrogens with one attached hydrogen (secondary N) is 2. The molecule has 0 atom stereocenters. The van der Waals surface area contributed by atoms with Crippen LogP contribution in [0.3, 0.4) is 0 Å². The lowest BCUT2D eigenvalue weighted by Crippen LogP contribution is -2.41. The maximum atomic E-state index is 14.4. The average Bonchev–Trinajstić information content (AvgIpc) is 3.47. The molecule has 2 aromatic rings. The van der Waals surface area contributed by atoms with Crippen LogP contribution in [0.5, 0.6) is 0 Å². The first-order valence-corrected chi connectivity index (χ1v) is 9.74. The molecule has 1 saturated carbocycles. The maximum Gasteiger partial charge on any atom is 0.253 e. The molecular weight excluding hydrogens is 369 g/mol. The Balaban J connectivity index is 1.84. The van der Waals surface area contributed by atoms with Gasteiger partial charge in [-0.2, -0.15) is 0 Å². The predicted molar refractivity (Wildman–Crippen MR) is 111 cm³/mol. The number of aromatic nitrogens is 1. The van der Waals surface area contributed by atoms with Crippen molar-refractivity contribution in [2.45, 2.75) is 52.1 Å². The van der Waals surface area contributed by atoms with Crippen molar-refractivity contribution in [3.05, 3.63) is 65.1 Å². The third kappa shape index (κ3) is 5.08. The smallest absolute Gasteiger partial charge is 0.253 e. The monoisotopic (exact) mass is 395 g/mol. The molecule has 6 heteroatoms. The summed E-state index contributed by atoms with van der Waals surface area (Å²) in [5.41, 5.74) is 1.65. The summed E-state index contributed by atoms with van der Waals surface area (Å²) in [4.78, 5) is 29.1. The Morgan fingerprint density at radius 2 is 1.90 bits per heavy atom. The lowest BCUT2D eigenvalue weighted by Gasteiger charge is -2.22. The summed E-state index contributed by atoms with van der Waals surface area (Å²) in [6.07, 6.45) is 7.17. The van der Waals surface area contributed by atoms with E-state index in [2.05, 4.69) is 15.6 Å². The Bertz CT molecular complexity index is 961. The van der Waals surface area contributed by atoms with Gasteiger partial charge in [0.05, 0.1) is 16.8 Å². The fraction of sp³-hybridized carbons (Fsp3) is 0.348. The molecule has 1 aliphatic rings. The first-order chi connectivity index (χ1) is 13.7. The molecule has 1 aromatic heterocycles. The van der Waals surface area contributed by atoms with Gasteiger partial charge in [0.1, 0.15) is 5.82 Å². The summed E-state index contributed by atoms with van der Waals surface area (Å²) < 4.78 is 14.4. The molecule has 0 unspecified atom stereocenters. The van der Waals surface area contributed by atoms with Gasteiger partial charge in [-0.3, -0.25) is 14.6 Å². The molecule has 2 N–H and O–H groups in total. The van der Waals surface area contributed by atoms with Gasteiger partial charge in [-0.15, -0.1) is 0 Å². The zero-order chi connectivity index (χ0) is 21.2. The maximum absolute atomic E-state index is 14.4. The van der Waals surface area contributed by atoms with Crippen LogP contribution in [0.25, 0.3) is 11.3 Å². The number of benzene rings is 1. The van der Waals surface area contributed by atoms with E-state index >= 15 is 0 Å². The molecule has 1 aliphatic carbocycles. The highest BCUT2D eigenvalue weighted by Gasteiger charge is 2.25. The van der Waals surface area contributed by atoms with E-state index in [4.69, 9.17) is 0 Å². The number of hydrogen-bond acceptors (Lipinski definition) is 3. The van der Waals surface area contributed by atoms with E-state index in [9.17, 15) is 14.0 Å². The van der Waals surface area contributed by atoms with Crippen LogP contribution in [0.1, 0.15) is 59.9 Å². The van der Waals surface area contributed by atoms with Crippen LogP contribution >= 0.6 is 0 Å². The summed E-state index contributed by atoms with van der Waals surface area (Å²) in [6, 6.07) is 6.41. The Morgan fingerprint density at radius 1 is 1.17 bits per heavy atom. The minimum atomic E-state index is -0.479. The minimum absolute atomic E-state index is 0.193.